The van der Waals surface area contributed by atoms with Crippen molar-refractivity contribution in [1.82, 2.24) is 20.5 Å². The van der Waals surface area contributed by atoms with Crippen molar-refractivity contribution in [2.24, 2.45) is 0 Å². The second-order valence-electron chi connectivity index (χ2n) is 5.06. The van der Waals surface area contributed by atoms with Gasteiger partial charge in [0.15, 0.2) is 0 Å². The van der Waals surface area contributed by atoms with Gasteiger partial charge in [0, 0.05) is 23.5 Å². The summed E-state index contributed by atoms with van der Waals surface area (Å²) in [6.45, 7) is 0.963. The van der Waals surface area contributed by atoms with E-state index in [1.54, 1.807) is 6.33 Å². The van der Waals surface area contributed by atoms with Crippen molar-refractivity contribution in [1.29, 1.82) is 0 Å². The number of aromatic amines is 1. The van der Waals surface area contributed by atoms with Gasteiger partial charge in [-0.1, -0.05) is 28.1 Å². The number of halogens is 1. The number of hydrogen-bond donors (Lipinski definition) is 2. The molecule has 0 spiro atoms. The molecule has 0 radical (unpaired) electrons. The maximum absolute atomic E-state index is 4.12. The van der Waals surface area contributed by atoms with Crippen molar-refractivity contribution >= 4 is 15.9 Å². The lowest BCUT2D eigenvalue weighted by Crippen LogP contribution is -2.41. The summed E-state index contributed by atoms with van der Waals surface area (Å²) in [5, 5.41) is 10.3. The van der Waals surface area contributed by atoms with E-state index < -0.39 is 0 Å². The third-order valence-electron chi connectivity index (χ3n) is 3.72. The van der Waals surface area contributed by atoms with E-state index in [9.17, 15) is 0 Å². The minimum Gasteiger partial charge on any atom is -0.313 e. The van der Waals surface area contributed by atoms with Gasteiger partial charge < -0.3 is 5.32 Å². The van der Waals surface area contributed by atoms with Gasteiger partial charge in [-0.05, 0) is 36.5 Å². The summed E-state index contributed by atoms with van der Waals surface area (Å²) in [5.41, 5.74) is 1.45. The summed E-state index contributed by atoms with van der Waals surface area (Å²) in [6, 6.07) is 9.29. The molecule has 1 aliphatic rings. The summed E-state index contributed by atoms with van der Waals surface area (Å²) in [4.78, 5) is 4.12. The molecule has 0 amide bonds. The van der Waals surface area contributed by atoms with Gasteiger partial charge >= 0.3 is 0 Å². The number of benzene rings is 1. The van der Waals surface area contributed by atoms with Gasteiger partial charge in [0.05, 0.1) is 0 Å². The smallest absolute Gasteiger partial charge is 0.137 e. The second kappa shape index (κ2) is 5.84. The fourth-order valence-electron chi connectivity index (χ4n) is 2.56. The molecule has 1 aromatic carbocycles. The van der Waals surface area contributed by atoms with Crippen LogP contribution in [0.2, 0.25) is 0 Å². The highest BCUT2D eigenvalue weighted by molar-refractivity contribution is 9.10. The minimum atomic E-state index is 0.645. The topological polar surface area (TPSA) is 53.6 Å². The molecule has 0 aliphatic heterocycles. The van der Waals surface area contributed by atoms with Crippen molar-refractivity contribution in [2.75, 3.05) is 6.54 Å². The molecule has 0 saturated heterocycles. The average Bonchev–Trinajstić information content (AvgIpc) is 2.85. The molecule has 1 saturated carbocycles. The zero-order valence-electron chi connectivity index (χ0n) is 10.6. The predicted octanol–water partition coefficient (Wildman–Crippen LogP) is 2.65. The van der Waals surface area contributed by atoms with Gasteiger partial charge in [-0.3, -0.25) is 5.10 Å². The Labute approximate surface area is 121 Å². The molecule has 0 atom stereocenters. The van der Waals surface area contributed by atoms with Crippen LogP contribution in [0.1, 0.15) is 30.1 Å². The standard InChI is InChI=1S/C14H17BrN4/c15-12-3-1-2-10(6-12)11-7-13(8-11)16-5-4-14-17-9-18-19-14/h1-3,6,9,11,13,16H,4-5,7-8H2,(H,17,18,19). The maximum Gasteiger partial charge on any atom is 0.137 e. The molecule has 19 heavy (non-hydrogen) atoms. The Morgan fingerprint density at radius 2 is 2.26 bits per heavy atom. The van der Waals surface area contributed by atoms with Gasteiger partial charge in [-0.15, -0.1) is 0 Å². The van der Waals surface area contributed by atoms with Crippen LogP contribution in [0.5, 0.6) is 0 Å². The third-order valence-corrected chi connectivity index (χ3v) is 4.21. The highest BCUT2D eigenvalue weighted by Crippen LogP contribution is 2.37. The van der Waals surface area contributed by atoms with Gasteiger partial charge in [0.1, 0.15) is 12.2 Å². The lowest BCUT2D eigenvalue weighted by Gasteiger charge is -2.36. The Bertz CT molecular complexity index is 520. The molecule has 2 aromatic rings. The van der Waals surface area contributed by atoms with E-state index in [1.807, 2.05) is 0 Å². The first-order valence-corrected chi connectivity index (χ1v) is 7.43. The molecular weight excluding hydrogens is 304 g/mol. The Morgan fingerprint density at radius 3 is 3.00 bits per heavy atom. The van der Waals surface area contributed by atoms with E-state index in [4.69, 9.17) is 0 Å². The lowest BCUT2D eigenvalue weighted by atomic mass is 9.76. The fraction of sp³-hybridized carbons (Fsp3) is 0.429. The van der Waals surface area contributed by atoms with Crippen molar-refractivity contribution in [3.05, 3.63) is 46.5 Å². The van der Waals surface area contributed by atoms with Gasteiger partial charge in [0.25, 0.3) is 0 Å². The maximum atomic E-state index is 4.12. The normalized spacial score (nSPS) is 22.2. The average molecular weight is 321 g/mol. The summed E-state index contributed by atoms with van der Waals surface area (Å²) in [6.07, 6.45) is 4.93. The summed E-state index contributed by atoms with van der Waals surface area (Å²) in [5.74, 6) is 1.66. The van der Waals surface area contributed by atoms with E-state index in [1.165, 1.54) is 22.9 Å². The fourth-order valence-corrected chi connectivity index (χ4v) is 2.98. The van der Waals surface area contributed by atoms with E-state index in [-0.39, 0.29) is 0 Å². The molecule has 100 valence electrons. The Morgan fingerprint density at radius 1 is 1.37 bits per heavy atom. The number of H-pyrrole nitrogens is 1. The molecular formula is C14H17BrN4. The molecule has 1 heterocycles. The summed E-state index contributed by atoms with van der Waals surface area (Å²) in [7, 11) is 0. The molecule has 4 nitrogen and oxygen atoms in total. The van der Waals surface area contributed by atoms with Crippen LogP contribution in [0.4, 0.5) is 0 Å². The molecule has 3 rings (SSSR count). The van der Waals surface area contributed by atoms with Gasteiger partial charge in [0.2, 0.25) is 0 Å². The van der Waals surface area contributed by atoms with E-state index >= 15 is 0 Å². The van der Waals surface area contributed by atoms with Crippen LogP contribution in [0, 0.1) is 0 Å². The number of hydrogen-bond acceptors (Lipinski definition) is 3. The Kier molecular flexibility index (Phi) is 3.94. The largest absolute Gasteiger partial charge is 0.313 e. The second-order valence-corrected chi connectivity index (χ2v) is 5.97. The SMILES string of the molecule is Brc1cccc(C2CC(NCCc3ncn[nH]3)C2)c1. The molecule has 2 N–H and O–H groups in total. The number of rotatable bonds is 5. The first kappa shape index (κ1) is 12.8. The summed E-state index contributed by atoms with van der Waals surface area (Å²) < 4.78 is 1.17. The van der Waals surface area contributed by atoms with Crippen molar-refractivity contribution < 1.29 is 0 Å². The van der Waals surface area contributed by atoms with E-state index in [0.717, 1.165) is 18.8 Å². The molecule has 0 unspecified atom stereocenters. The van der Waals surface area contributed by atoms with Crippen LogP contribution in [0.25, 0.3) is 0 Å². The van der Waals surface area contributed by atoms with Crippen LogP contribution in [-0.2, 0) is 6.42 Å². The lowest BCUT2D eigenvalue weighted by molar-refractivity contribution is 0.292. The zero-order valence-corrected chi connectivity index (χ0v) is 12.2. The van der Waals surface area contributed by atoms with E-state index in [0.29, 0.717) is 12.0 Å². The van der Waals surface area contributed by atoms with E-state index in [2.05, 4.69) is 60.7 Å². The van der Waals surface area contributed by atoms with Gasteiger partial charge in [-0.2, -0.15) is 5.10 Å². The zero-order chi connectivity index (χ0) is 13.1. The molecule has 1 aliphatic carbocycles. The van der Waals surface area contributed by atoms with Crippen molar-refractivity contribution in [3.63, 3.8) is 0 Å². The molecule has 1 fully saturated rings. The van der Waals surface area contributed by atoms with Crippen molar-refractivity contribution in [2.45, 2.75) is 31.2 Å². The number of aromatic nitrogens is 3. The summed E-state index contributed by atoms with van der Waals surface area (Å²) >= 11 is 3.53. The third kappa shape index (κ3) is 3.22. The Balaban J connectivity index is 1.41. The number of nitrogens with one attached hydrogen (secondary N) is 2. The minimum absolute atomic E-state index is 0.645. The number of nitrogens with zero attached hydrogens (tertiary/aromatic N) is 2. The van der Waals surface area contributed by atoms with Crippen LogP contribution in [0.15, 0.2) is 35.1 Å². The van der Waals surface area contributed by atoms with Gasteiger partial charge in [-0.25, -0.2) is 4.98 Å². The highest BCUT2D eigenvalue weighted by Gasteiger charge is 2.29. The quantitative estimate of drug-likeness (QED) is 0.890. The van der Waals surface area contributed by atoms with Crippen LogP contribution in [0.3, 0.4) is 0 Å². The Hall–Kier alpha value is -1.20. The predicted molar refractivity (Wildman–Crippen MR) is 78.0 cm³/mol. The molecule has 1 aromatic heterocycles. The first-order valence-electron chi connectivity index (χ1n) is 6.64. The molecule has 0 bridgehead atoms. The highest BCUT2D eigenvalue weighted by atomic mass is 79.9. The van der Waals surface area contributed by atoms with Crippen LogP contribution >= 0.6 is 15.9 Å². The first-order chi connectivity index (χ1) is 9.31. The van der Waals surface area contributed by atoms with Crippen LogP contribution in [-0.4, -0.2) is 27.8 Å². The van der Waals surface area contributed by atoms with Crippen LogP contribution < -0.4 is 5.32 Å². The van der Waals surface area contributed by atoms with Crippen molar-refractivity contribution in [3.8, 4) is 0 Å². The monoisotopic (exact) mass is 320 g/mol. The molecule has 5 heteroatoms.